The smallest absolute Gasteiger partial charge is 0.321 e. The number of nitrogens with one attached hydrogen (secondary N) is 1. The van der Waals surface area contributed by atoms with Crippen LogP contribution in [-0.4, -0.2) is 34.1 Å². The molecule has 6 rings (SSSR count). The van der Waals surface area contributed by atoms with Gasteiger partial charge in [-0.05, 0) is 40.5 Å². The number of aliphatic carboxylic acids is 1. The fraction of sp³-hybridized carbons (Fsp3) is 0.182. The number of benzene rings is 4. The summed E-state index contributed by atoms with van der Waals surface area (Å²) < 4.78 is 11.9. The van der Waals surface area contributed by atoms with Crippen molar-refractivity contribution < 1.29 is 19.4 Å². The van der Waals surface area contributed by atoms with Crippen molar-refractivity contribution in [1.82, 2.24) is 9.88 Å². The predicted octanol–water partition coefficient (Wildman–Crippen LogP) is 6.36. The van der Waals surface area contributed by atoms with Gasteiger partial charge >= 0.3 is 5.97 Å². The van der Waals surface area contributed by atoms with Gasteiger partial charge in [0.2, 0.25) is 0 Å². The number of carbonyl (C=O) groups is 1. The van der Waals surface area contributed by atoms with Crippen molar-refractivity contribution in [3.63, 3.8) is 0 Å². The number of aromatic nitrogens is 1. The number of carboxylic acid groups (broad SMARTS) is 1. The number of rotatable bonds is 8. The molecule has 0 saturated carbocycles. The Labute approximate surface area is 227 Å². The molecule has 0 fully saturated rings. The average molecular weight is 519 g/mol. The molecule has 5 aromatic rings. The normalized spacial score (nSPS) is 17.1. The largest absolute Gasteiger partial charge is 0.493 e. The van der Waals surface area contributed by atoms with Gasteiger partial charge in [-0.15, -0.1) is 0 Å². The molecule has 6 nitrogen and oxygen atoms in total. The first-order valence-electron chi connectivity index (χ1n) is 13.1. The van der Waals surface area contributed by atoms with Gasteiger partial charge in [0.15, 0.2) is 11.5 Å². The molecule has 0 aliphatic carbocycles. The molecule has 2 N–H and O–H groups in total. The summed E-state index contributed by atoms with van der Waals surface area (Å²) in [5.74, 6) is 0.419. The zero-order chi connectivity index (χ0) is 26.8. The maximum absolute atomic E-state index is 12.7. The van der Waals surface area contributed by atoms with E-state index in [1.54, 1.807) is 7.11 Å². The monoisotopic (exact) mass is 518 g/mol. The fourth-order valence-electron chi connectivity index (χ4n) is 5.62. The van der Waals surface area contributed by atoms with E-state index in [0.717, 1.165) is 38.9 Å². The number of H-pyrrole nitrogens is 1. The Morgan fingerprint density at radius 2 is 1.59 bits per heavy atom. The zero-order valence-electron chi connectivity index (χ0n) is 21.7. The van der Waals surface area contributed by atoms with E-state index < -0.39 is 12.0 Å². The molecule has 4 aromatic carbocycles. The molecule has 6 heteroatoms. The molecule has 0 unspecified atom stereocenters. The average Bonchev–Trinajstić information content (AvgIpc) is 3.35. The highest BCUT2D eigenvalue weighted by Crippen LogP contribution is 2.43. The molecule has 0 amide bonds. The van der Waals surface area contributed by atoms with E-state index in [1.807, 2.05) is 97.1 Å². The lowest BCUT2D eigenvalue weighted by Crippen LogP contribution is -2.48. The molecule has 1 aliphatic rings. The Bertz CT molecular complexity index is 1600. The van der Waals surface area contributed by atoms with Gasteiger partial charge in [0.1, 0.15) is 12.6 Å². The van der Waals surface area contributed by atoms with E-state index in [9.17, 15) is 9.90 Å². The molecule has 1 aliphatic heterocycles. The van der Waals surface area contributed by atoms with Crippen LogP contribution in [0.2, 0.25) is 0 Å². The summed E-state index contributed by atoms with van der Waals surface area (Å²) in [6.07, 6.45) is 0.424. The fourth-order valence-corrected chi connectivity index (χ4v) is 5.62. The quantitative estimate of drug-likeness (QED) is 0.250. The SMILES string of the molecule is COc1cc([C@H]2c3[nH]c4ccccc4c3C[C@@H](C(=O)O)N2Cc2ccccc2)ccc1OCc1ccccc1. The third-order valence-corrected chi connectivity index (χ3v) is 7.48. The number of fused-ring (bicyclic) bond motifs is 3. The highest BCUT2D eigenvalue weighted by atomic mass is 16.5. The van der Waals surface area contributed by atoms with E-state index in [2.05, 4.69) is 16.0 Å². The van der Waals surface area contributed by atoms with Crippen molar-refractivity contribution in [1.29, 1.82) is 0 Å². The maximum atomic E-state index is 12.7. The van der Waals surface area contributed by atoms with Crippen LogP contribution in [0, 0.1) is 0 Å². The van der Waals surface area contributed by atoms with Gasteiger partial charge in [-0.2, -0.15) is 0 Å². The lowest BCUT2D eigenvalue weighted by Gasteiger charge is -2.40. The van der Waals surface area contributed by atoms with Gasteiger partial charge in [-0.1, -0.05) is 84.9 Å². The topological polar surface area (TPSA) is 74.8 Å². The Hall–Kier alpha value is -4.55. The summed E-state index contributed by atoms with van der Waals surface area (Å²) in [5.41, 5.74) is 6.14. The Kier molecular flexibility index (Phi) is 6.78. The number of aromatic amines is 1. The first-order valence-corrected chi connectivity index (χ1v) is 13.1. The zero-order valence-corrected chi connectivity index (χ0v) is 21.7. The van der Waals surface area contributed by atoms with Gasteiger partial charge in [-0.25, -0.2) is 0 Å². The second-order valence-corrected chi connectivity index (χ2v) is 9.87. The Morgan fingerprint density at radius 3 is 2.31 bits per heavy atom. The summed E-state index contributed by atoms with van der Waals surface area (Å²) in [5, 5.41) is 11.5. The minimum absolute atomic E-state index is 0.320. The lowest BCUT2D eigenvalue weighted by molar-refractivity contribution is -0.144. The number of nitrogens with zero attached hydrogens (tertiary/aromatic N) is 1. The highest BCUT2D eigenvalue weighted by Gasteiger charge is 2.41. The van der Waals surface area contributed by atoms with Crippen LogP contribution in [0.25, 0.3) is 10.9 Å². The Balaban J connectivity index is 1.44. The summed E-state index contributed by atoms with van der Waals surface area (Å²) in [4.78, 5) is 18.4. The van der Waals surface area contributed by atoms with Crippen molar-refractivity contribution in [3.8, 4) is 11.5 Å². The van der Waals surface area contributed by atoms with Crippen molar-refractivity contribution in [2.24, 2.45) is 0 Å². The second-order valence-electron chi connectivity index (χ2n) is 9.87. The Morgan fingerprint density at radius 1 is 0.897 bits per heavy atom. The second kappa shape index (κ2) is 10.7. The number of hydrogen-bond donors (Lipinski definition) is 2. The molecule has 0 radical (unpaired) electrons. The van der Waals surface area contributed by atoms with Crippen LogP contribution in [0.5, 0.6) is 11.5 Å². The van der Waals surface area contributed by atoms with E-state index in [-0.39, 0.29) is 6.04 Å². The van der Waals surface area contributed by atoms with Crippen molar-refractivity contribution in [3.05, 3.63) is 131 Å². The molecule has 0 spiro atoms. The molecular weight excluding hydrogens is 488 g/mol. The molecule has 2 atom stereocenters. The van der Waals surface area contributed by atoms with Gasteiger partial charge in [0.05, 0.1) is 13.2 Å². The molecule has 1 aromatic heterocycles. The number of hydrogen-bond acceptors (Lipinski definition) is 4. The minimum Gasteiger partial charge on any atom is -0.493 e. The molecule has 39 heavy (non-hydrogen) atoms. The van der Waals surface area contributed by atoms with Gasteiger partial charge < -0.3 is 19.6 Å². The van der Waals surface area contributed by atoms with Crippen LogP contribution < -0.4 is 9.47 Å². The van der Waals surface area contributed by atoms with Gasteiger partial charge in [0, 0.05) is 29.6 Å². The summed E-state index contributed by atoms with van der Waals surface area (Å²) in [6, 6.07) is 33.0. The molecular formula is C33H30N2O4. The molecule has 0 saturated heterocycles. The van der Waals surface area contributed by atoms with Crippen molar-refractivity contribution >= 4 is 16.9 Å². The first-order chi connectivity index (χ1) is 19.1. The van der Waals surface area contributed by atoms with Crippen molar-refractivity contribution in [2.45, 2.75) is 31.7 Å². The first kappa shape index (κ1) is 24.8. The van der Waals surface area contributed by atoms with Crippen LogP contribution in [-0.2, 0) is 24.4 Å². The van der Waals surface area contributed by atoms with Gasteiger partial charge in [-0.3, -0.25) is 9.69 Å². The van der Waals surface area contributed by atoms with Crippen LogP contribution in [0.4, 0.5) is 0 Å². The standard InChI is InChI=1S/C33H30N2O4/c1-38-30-18-24(16-17-29(30)39-21-23-12-6-3-7-13-23)32-31-26(25-14-8-9-15-27(25)34-31)19-28(33(36)37)35(32)20-22-10-4-2-5-11-22/h2-18,28,32,34H,19-21H2,1H3,(H,36,37)/t28-,32-/m0/s1. The van der Waals surface area contributed by atoms with Crippen LogP contribution in [0.15, 0.2) is 103 Å². The van der Waals surface area contributed by atoms with E-state index >= 15 is 0 Å². The maximum Gasteiger partial charge on any atom is 0.321 e. The minimum atomic E-state index is -0.832. The van der Waals surface area contributed by atoms with Gasteiger partial charge in [0.25, 0.3) is 0 Å². The number of carboxylic acids is 1. The van der Waals surface area contributed by atoms with E-state index in [4.69, 9.17) is 9.47 Å². The van der Waals surface area contributed by atoms with E-state index in [0.29, 0.717) is 31.1 Å². The summed E-state index contributed by atoms with van der Waals surface area (Å²) >= 11 is 0. The summed E-state index contributed by atoms with van der Waals surface area (Å²) in [7, 11) is 1.63. The predicted molar refractivity (Wildman–Crippen MR) is 151 cm³/mol. The lowest BCUT2D eigenvalue weighted by atomic mass is 9.87. The third kappa shape index (κ3) is 4.87. The summed E-state index contributed by atoms with van der Waals surface area (Å²) in [6.45, 7) is 0.916. The number of para-hydroxylation sites is 1. The number of methoxy groups -OCH3 is 1. The third-order valence-electron chi connectivity index (χ3n) is 7.48. The van der Waals surface area contributed by atoms with Crippen LogP contribution in [0.1, 0.15) is 34.0 Å². The molecule has 0 bridgehead atoms. The highest BCUT2D eigenvalue weighted by molar-refractivity contribution is 5.87. The van der Waals surface area contributed by atoms with E-state index in [1.165, 1.54) is 0 Å². The molecule has 196 valence electrons. The van der Waals surface area contributed by atoms with Crippen molar-refractivity contribution in [2.75, 3.05) is 7.11 Å². The van der Waals surface area contributed by atoms with Crippen LogP contribution in [0.3, 0.4) is 0 Å². The number of ether oxygens (including phenoxy) is 2. The molecule has 2 heterocycles. The van der Waals surface area contributed by atoms with Crippen LogP contribution >= 0.6 is 0 Å².